The van der Waals surface area contributed by atoms with Crippen LogP contribution in [0.2, 0.25) is 0 Å². The van der Waals surface area contributed by atoms with Gasteiger partial charge in [0.25, 0.3) is 0 Å². The van der Waals surface area contributed by atoms with E-state index in [4.69, 9.17) is 4.74 Å². The molecule has 3 heteroatoms. The molecule has 0 aliphatic carbocycles. The smallest absolute Gasteiger partial charge is 0.227 e. The molecule has 2 aromatic carbocycles. The number of nitrogens with one attached hydrogen (secondary N) is 1. The molecule has 0 aromatic heterocycles. The van der Waals surface area contributed by atoms with Gasteiger partial charge in [-0.3, -0.25) is 4.79 Å². The van der Waals surface area contributed by atoms with Crippen molar-refractivity contribution in [2.45, 2.75) is 32.6 Å². The first-order valence-electron chi connectivity index (χ1n) is 7.54. The van der Waals surface area contributed by atoms with Crippen molar-refractivity contribution in [3.05, 3.63) is 60.2 Å². The summed E-state index contributed by atoms with van der Waals surface area (Å²) in [5.41, 5.74) is 2.00. The molecule has 2 rings (SSSR count). The summed E-state index contributed by atoms with van der Waals surface area (Å²) in [7, 11) is 0. The molecule has 0 aliphatic rings. The fourth-order valence-electron chi connectivity index (χ4n) is 2.24. The fraction of sp³-hybridized carbons (Fsp3) is 0.316. The van der Waals surface area contributed by atoms with Gasteiger partial charge in [-0.25, -0.2) is 0 Å². The Bertz CT molecular complexity index is 615. The van der Waals surface area contributed by atoms with Crippen LogP contribution in [0.1, 0.15) is 32.8 Å². The maximum atomic E-state index is 12.1. The van der Waals surface area contributed by atoms with Gasteiger partial charge in [0.1, 0.15) is 5.75 Å². The average molecular weight is 297 g/mol. The van der Waals surface area contributed by atoms with Crippen LogP contribution < -0.4 is 10.1 Å². The molecule has 0 unspecified atom stereocenters. The normalized spacial score (nSPS) is 11.0. The summed E-state index contributed by atoms with van der Waals surface area (Å²) in [5.74, 6) is 0.748. The number of para-hydroxylation sites is 2. The van der Waals surface area contributed by atoms with Crippen LogP contribution in [0.4, 0.5) is 5.69 Å². The highest BCUT2D eigenvalue weighted by atomic mass is 16.5. The van der Waals surface area contributed by atoms with Gasteiger partial charge < -0.3 is 10.1 Å². The first kappa shape index (κ1) is 16.1. The highest BCUT2D eigenvalue weighted by Gasteiger charge is 2.18. The number of rotatable bonds is 5. The second-order valence-corrected chi connectivity index (χ2v) is 6.26. The Labute approximate surface area is 132 Å². The maximum absolute atomic E-state index is 12.1. The number of hydrogen-bond donors (Lipinski definition) is 1. The zero-order chi connectivity index (χ0) is 16.0. The quantitative estimate of drug-likeness (QED) is 0.888. The molecular formula is C19H23NO2. The van der Waals surface area contributed by atoms with Crippen molar-refractivity contribution in [1.82, 2.24) is 0 Å². The van der Waals surface area contributed by atoms with Crippen LogP contribution in [0.5, 0.6) is 5.75 Å². The van der Waals surface area contributed by atoms with Crippen LogP contribution in [0, 0.1) is 0 Å². The van der Waals surface area contributed by atoms with Gasteiger partial charge in [-0.1, -0.05) is 57.2 Å². The molecule has 2 aromatic rings. The van der Waals surface area contributed by atoms with Gasteiger partial charge in [0.05, 0.1) is 13.0 Å². The molecular weight excluding hydrogens is 274 g/mol. The lowest BCUT2D eigenvalue weighted by atomic mass is 9.86. The first-order valence-corrected chi connectivity index (χ1v) is 7.54. The summed E-state index contributed by atoms with van der Waals surface area (Å²) >= 11 is 0. The number of benzene rings is 2. The minimum absolute atomic E-state index is 0.00951. The first-order chi connectivity index (χ1) is 10.5. The molecule has 3 nitrogen and oxygen atoms in total. The van der Waals surface area contributed by atoms with Crippen molar-refractivity contribution in [3.8, 4) is 5.75 Å². The van der Waals surface area contributed by atoms with Gasteiger partial charge in [-0.15, -0.1) is 0 Å². The van der Waals surface area contributed by atoms with Crippen LogP contribution in [0.3, 0.4) is 0 Å². The second-order valence-electron chi connectivity index (χ2n) is 6.26. The Morgan fingerprint density at radius 3 is 2.32 bits per heavy atom. The van der Waals surface area contributed by atoms with Gasteiger partial charge in [-0.05, 0) is 29.2 Å². The lowest BCUT2D eigenvalue weighted by Gasteiger charge is -2.23. The maximum Gasteiger partial charge on any atom is 0.227 e. The van der Waals surface area contributed by atoms with Crippen molar-refractivity contribution in [2.75, 3.05) is 11.9 Å². The van der Waals surface area contributed by atoms with Gasteiger partial charge in [-0.2, -0.15) is 0 Å². The predicted molar refractivity (Wildman–Crippen MR) is 90.3 cm³/mol. The second kappa shape index (κ2) is 7.12. The molecule has 0 atom stereocenters. The van der Waals surface area contributed by atoms with Crippen molar-refractivity contribution >= 4 is 11.6 Å². The van der Waals surface area contributed by atoms with Gasteiger partial charge >= 0.3 is 0 Å². The number of carbonyl (C=O) groups is 1. The molecule has 116 valence electrons. The third-order valence-electron chi connectivity index (χ3n) is 3.35. The molecule has 22 heavy (non-hydrogen) atoms. The van der Waals surface area contributed by atoms with Crippen LogP contribution in [0.25, 0.3) is 0 Å². The van der Waals surface area contributed by atoms with E-state index >= 15 is 0 Å². The zero-order valence-electron chi connectivity index (χ0n) is 13.4. The topological polar surface area (TPSA) is 38.3 Å². The van der Waals surface area contributed by atoms with E-state index < -0.39 is 0 Å². The van der Waals surface area contributed by atoms with E-state index in [9.17, 15) is 4.79 Å². The van der Waals surface area contributed by atoms with Crippen molar-refractivity contribution in [1.29, 1.82) is 0 Å². The summed E-state index contributed by atoms with van der Waals surface area (Å²) in [4.78, 5) is 12.1. The number of ether oxygens (including phenoxy) is 1. The summed E-state index contributed by atoms with van der Waals surface area (Å²) < 4.78 is 5.55. The van der Waals surface area contributed by atoms with E-state index in [2.05, 4.69) is 32.2 Å². The fourth-order valence-corrected chi connectivity index (χ4v) is 2.24. The van der Waals surface area contributed by atoms with Crippen molar-refractivity contribution < 1.29 is 9.53 Å². The molecule has 0 aliphatic heterocycles. The van der Waals surface area contributed by atoms with Gasteiger partial charge in [0, 0.05) is 5.69 Å². The van der Waals surface area contributed by atoms with Crippen LogP contribution >= 0.6 is 0 Å². The van der Waals surface area contributed by atoms with E-state index in [1.807, 2.05) is 48.5 Å². The average Bonchev–Trinajstić information content (AvgIpc) is 2.48. The van der Waals surface area contributed by atoms with Crippen LogP contribution in [-0.4, -0.2) is 12.5 Å². The third kappa shape index (κ3) is 4.62. The van der Waals surface area contributed by atoms with Crippen molar-refractivity contribution in [2.24, 2.45) is 0 Å². The van der Waals surface area contributed by atoms with E-state index in [1.54, 1.807) is 0 Å². The highest BCUT2D eigenvalue weighted by Crippen LogP contribution is 2.29. The largest absolute Gasteiger partial charge is 0.493 e. The molecule has 1 amide bonds. The lowest BCUT2D eigenvalue weighted by Crippen LogP contribution is -2.20. The Morgan fingerprint density at radius 1 is 1.00 bits per heavy atom. The molecule has 0 saturated carbocycles. The Balaban J connectivity index is 1.90. The van der Waals surface area contributed by atoms with E-state index in [1.165, 1.54) is 0 Å². The number of hydrogen-bond acceptors (Lipinski definition) is 2. The molecule has 0 fully saturated rings. The predicted octanol–water partition coefficient (Wildman–Crippen LogP) is 4.39. The Hall–Kier alpha value is -2.29. The molecule has 0 heterocycles. The SMILES string of the molecule is CC(C)(C)c1ccccc1NC(=O)CCOc1ccccc1. The summed E-state index contributed by atoms with van der Waals surface area (Å²) in [5, 5.41) is 2.98. The number of amides is 1. The summed E-state index contributed by atoms with van der Waals surface area (Å²) in [6.07, 6.45) is 0.327. The van der Waals surface area contributed by atoms with E-state index in [0.29, 0.717) is 13.0 Å². The Morgan fingerprint density at radius 2 is 1.64 bits per heavy atom. The van der Waals surface area contributed by atoms with Crippen LogP contribution in [-0.2, 0) is 10.2 Å². The summed E-state index contributed by atoms with van der Waals surface area (Å²) in [6, 6.07) is 17.4. The number of anilines is 1. The Kier molecular flexibility index (Phi) is 5.21. The molecule has 0 bridgehead atoms. The molecule has 0 saturated heterocycles. The van der Waals surface area contributed by atoms with Gasteiger partial charge in [0.2, 0.25) is 5.91 Å². The van der Waals surface area contributed by atoms with Crippen LogP contribution in [0.15, 0.2) is 54.6 Å². The monoisotopic (exact) mass is 297 g/mol. The molecule has 0 radical (unpaired) electrons. The minimum Gasteiger partial charge on any atom is -0.493 e. The lowest BCUT2D eigenvalue weighted by molar-refractivity contribution is -0.116. The minimum atomic E-state index is -0.0346. The van der Waals surface area contributed by atoms with Crippen molar-refractivity contribution in [3.63, 3.8) is 0 Å². The molecule has 1 N–H and O–H groups in total. The molecule has 0 spiro atoms. The van der Waals surface area contributed by atoms with Gasteiger partial charge in [0.15, 0.2) is 0 Å². The van der Waals surface area contributed by atoms with E-state index in [0.717, 1.165) is 17.0 Å². The summed E-state index contributed by atoms with van der Waals surface area (Å²) in [6.45, 7) is 6.77. The third-order valence-corrected chi connectivity index (χ3v) is 3.35. The van der Waals surface area contributed by atoms with E-state index in [-0.39, 0.29) is 11.3 Å². The number of carbonyl (C=O) groups excluding carboxylic acids is 1. The zero-order valence-corrected chi connectivity index (χ0v) is 13.4. The highest BCUT2D eigenvalue weighted by molar-refractivity contribution is 5.91. The standard InChI is InChI=1S/C19H23NO2/c1-19(2,3)16-11-7-8-12-17(16)20-18(21)13-14-22-15-9-5-4-6-10-15/h4-12H,13-14H2,1-3H3,(H,20,21).